The van der Waals surface area contributed by atoms with Gasteiger partial charge in [0.15, 0.2) is 5.13 Å². The average molecular weight is 472 g/mol. The number of rotatable bonds is 9. The molecule has 0 aliphatic carbocycles. The van der Waals surface area contributed by atoms with Crippen molar-refractivity contribution in [1.29, 1.82) is 0 Å². The van der Waals surface area contributed by atoms with E-state index >= 15 is 0 Å². The number of amides is 1. The van der Waals surface area contributed by atoms with Crippen LogP contribution in [0.3, 0.4) is 0 Å². The Hall–Kier alpha value is -2.13. The number of benzene rings is 2. The van der Waals surface area contributed by atoms with Crippen molar-refractivity contribution in [3.63, 3.8) is 0 Å². The molecule has 4 rings (SSSR count). The number of anilines is 1. The van der Waals surface area contributed by atoms with E-state index in [1.54, 1.807) is 11.8 Å². The topological polar surface area (TPSA) is 54.9 Å². The average Bonchev–Trinajstić information content (AvgIpc) is 3.25. The second-order valence-electron chi connectivity index (χ2n) is 7.55. The van der Waals surface area contributed by atoms with Crippen LogP contribution in [0.15, 0.2) is 47.4 Å². The van der Waals surface area contributed by atoms with E-state index in [9.17, 15) is 4.79 Å². The summed E-state index contributed by atoms with van der Waals surface area (Å²) in [4.78, 5) is 23.7. The van der Waals surface area contributed by atoms with Crippen LogP contribution in [0.4, 0.5) is 5.13 Å². The van der Waals surface area contributed by atoms with Crippen molar-refractivity contribution < 1.29 is 14.3 Å². The van der Waals surface area contributed by atoms with Crippen molar-refractivity contribution in [2.45, 2.75) is 18.2 Å². The summed E-state index contributed by atoms with van der Waals surface area (Å²) in [6, 6.07) is 13.7. The van der Waals surface area contributed by atoms with Gasteiger partial charge in [0.05, 0.1) is 30.0 Å². The molecule has 1 aromatic heterocycles. The lowest BCUT2D eigenvalue weighted by Gasteiger charge is -2.27. The van der Waals surface area contributed by atoms with E-state index in [0.717, 1.165) is 65.3 Å². The predicted molar refractivity (Wildman–Crippen MR) is 133 cm³/mol. The van der Waals surface area contributed by atoms with Gasteiger partial charge in [0, 0.05) is 36.6 Å². The number of thiazole rings is 1. The fraction of sp³-hybridized carbons (Fsp3) is 0.417. The Kier molecular flexibility index (Phi) is 8.02. The Labute approximate surface area is 197 Å². The van der Waals surface area contributed by atoms with E-state index in [1.165, 1.54) is 11.3 Å². The van der Waals surface area contributed by atoms with Crippen molar-refractivity contribution in [2.75, 3.05) is 57.2 Å². The number of carbonyl (C=O) groups is 1. The molecule has 1 amide bonds. The van der Waals surface area contributed by atoms with Crippen LogP contribution in [-0.2, 0) is 4.74 Å². The highest BCUT2D eigenvalue weighted by atomic mass is 32.2. The molecule has 2 heterocycles. The van der Waals surface area contributed by atoms with Gasteiger partial charge in [-0.1, -0.05) is 11.3 Å². The van der Waals surface area contributed by atoms with Crippen LogP contribution in [0.1, 0.15) is 23.7 Å². The third kappa shape index (κ3) is 5.61. The fourth-order valence-electron chi connectivity index (χ4n) is 3.72. The second kappa shape index (κ2) is 11.1. The predicted octanol–water partition coefficient (Wildman–Crippen LogP) is 4.79. The standard InChI is InChI=1S/C24H29N3O3S2/c1-3-30-19-7-10-21-22(17-19)32-24(25-21)27(12-4-11-26-13-15-29-16-14-26)23(28)18-5-8-20(31-2)9-6-18/h5-10,17H,3-4,11-16H2,1-2H3. The molecule has 1 aliphatic rings. The molecule has 170 valence electrons. The summed E-state index contributed by atoms with van der Waals surface area (Å²) >= 11 is 3.21. The van der Waals surface area contributed by atoms with Gasteiger partial charge < -0.3 is 9.47 Å². The second-order valence-corrected chi connectivity index (χ2v) is 9.44. The molecule has 0 atom stereocenters. The minimum atomic E-state index is -0.0104. The maximum atomic E-state index is 13.5. The van der Waals surface area contributed by atoms with E-state index in [1.807, 2.05) is 60.5 Å². The minimum Gasteiger partial charge on any atom is -0.494 e. The number of fused-ring (bicyclic) bond motifs is 1. The molecular formula is C24H29N3O3S2. The molecule has 8 heteroatoms. The summed E-state index contributed by atoms with van der Waals surface area (Å²) in [5, 5.41) is 0.731. The number of hydrogen-bond donors (Lipinski definition) is 0. The molecule has 3 aromatic rings. The lowest BCUT2D eigenvalue weighted by molar-refractivity contribution is 0.0376. The first kappa shape index (κ1) is 23.0. The Morgan fingerprint density at radius 2 is 2.00 bits per heavy atom. The smallest absolute Gasteiger partial charge is 0.260 e. The number of carbonyl (C=O) groups excluding carboxylic acids is 1. The van der Waals surface area contributed by atoms with Crippen LogP contribution in [0.5, 0.6) is 5.75 Å². The SMILES string of the molecule is CCOc1ccc2nc(N(CCCN3CCOCC3)C(=O)c3ccc(SC)cc3)sc2c1. The van der Waals surface area contributed by atoms with Gasteiger partial charge in [-0.25, -0.2) is 4.98 Å². The number of hydrogen-bond acceptors (Lipinski definition) is 7. The van der Waals surface area contributed by atoms with Crippen molar-refractivity contribution in [2.24, 2.45) is 0 Å². The minimum absolute atomic E-state index is 0.0104. The number of thioether (sulfide) groups is 1. The van der Waals surface area contributed by atoms with Crippen LogP contribution in [0.25, 0.3) is 10.2 Å². The number of nitrogens with zero attached hydrogens (tertiary/aromatic N) is 3. The van der Waals surface area contributed by atoms with E-state index < -0.39 is 0 Å². The van der Waals surface area contributed by atoms with Gasteiger partial charge in [0.1, 0.15) is 5.75 Å². The Balaban J connectivity index is 1.56. The van der Waals surface area contributed by atoms with Crippen molar-refractivity contribution >= 4 is 44.4 Å². The molecule has 6 nitrogen and oxygen atoms in total. The molecule has 2 aromatic carbocycles. The van der Waals surface area contributed by atoms with Crippen LogP contribution in [0.2, 0.25) is 0 Å². The van der Waals surface area contributed by atoms with E-state index in [0.29, 0.717) is 18.7 Å². The van der Waals surface area contributed by atoms with E-state index in [2.05, 4.69) is 4.90 Å². The first-order valence-electron chi connectivity index (χ1n) is 11.0. The third-order valence-electron chi connectivity index (χ3n) is 5.43. The number of morpholine rings is 1. The quantitative estimate of drug-likeness (QED) is 0.419. The van der Waals surface area contributed by atoms with Gasteiger partial charge in [-0.15, -0.1) is 11.8 Å². The maximum absolute atomic E-state index is 13.5. The summed E-state index contributed by atoms with van der Waals surface area (Å²) in [7, 11) is 0. The Morgan fingerprint density at radius 1 is 1.22 bits per heavy atom. The molecule has 1 fully saturated rings. The molecule has 0 saturated carbocycles. The largest absolute Gasteiger partial charge is 0.494 e. The summed E-state index contributed by atoms with van der Waals surface area (Å²) in [6.45, 7) is 7.62. The van der Waals surface area contributed by atoms with E-state index in [4.69, 9.17) is 14.5 Å². The summed E-state index contributed by atoms with van der Waals surface area (Å²) < 4.78 is 12.1. The molecular weight excluding hydrogens is 442 g/mol. The van der Waals surface area contributed by atoms with Crippen molar-refractivity contribution in [1.82, 2.24) is 9.88 Å². The summed E-state index contributed by atoms with van der Waals surface area (Å²) in [5.74, 6) is 0.816. The van der Waals surface area contributed by atoms with Gasteiger partial charge in [0.2, 0.25) is 0 Å². The lowest BCUT2D eigenvalue weighted by Crippen LogP contribution is -2.39. The Morgan fingerprint density at radius 3 is 2.72 bits per heavy atom. The summed E-state index contributed by atoms with van der Waals surface area (Å²) in [6.07, 6.45) is 2.92. The highest BCUT2D eigenvalue weighted by molar-refractivity contribution is 7.98. The zero-order chi connectivity index (χ0) is 22.3. The van der Waals surface area contributed by atoms with Crippen molar-refractivity contribution in [3.8, 4) is 5.75 Å². The Bertz CT molecular complexity index is 1030. The fourth-order valence-corrected chi connectivity index (χ4v) is 5.14. The van der Waals surface area contributed by atoms with E-state index in [-0.39, 0.29) is 5.91 Å². The third-order valence-corrected chi connectivity index (χ3v) is 7.22. The number of aromatic nitrogens is 1. The lowest BCUT2D eigenvalue weighted by atomic mass is 10.2. The molecule has 32 heavy (non-hydrogen) atoms. The monoisotopic (exact) mass is 471 g/mol. The highest BCUT2D eigenvalue weighted by Crippen LogP contribution is 2.32. The van der Waals surface area contributed by atoms with Gasteiger partial charge in [-0.3, -0.25) is 14.6 Å². The zero-order valence-corrected chi connectivity index (χ0v) is 20.2. The molecule has 0 N–H and O–H groups in total. The number of ether oxygens (including phenoxy) is 2. The highest BCUT2D eigenvalue weighted by Gasteiger charge is 2.22. The first-order chi connectivity index (χ1) is 15.7. The molecule has 0 unspecified atom stereocenters. The van der Waals surface area contributed by atoms with Gasteiger partial charge in [-0.2, -0.15) is 0 Å². The molecule has 1 aliphatic heterocycles. The van der Waals surface area contributed by atoms with Gasteiger partial charge in [-0.05, 0) is 62.1 Å². The molecule has 0 spiro atoms. The molecule has 0 bridgehead atoms. The summed E-state index contributed by atoms with van der Waals surface area (Å²) in [5.41, 5.74) is 1.57. The normalized spacial score (nSPS) is 14.6. The van der Waals surface area contributed by atoms with Gasteiger partial charge in [0.25, 0.3) is 5.91 Å². The zero-order valence-electron chi connectivity index (χ0n) is 18.6. The molecule has 1 saturated heterocycles. The maximum Gasteiger partial charge on any atom is 0.260 e. The molecule has 0 radical (unpaired) electrons. The van der Waals surface area contributed by atoms with Crippen LogP contribution in [0, 0.1) is 0 Å². The van der Waals surface area contributed by atoms with Crippen LogP contribution >= 0.6 is 23.1 Å². The van der Waals surface area contributed by atoms with Crippen molar-refractivity contribution in [3.05, 3.63) is 48.0 Å². The first-order valence-corrected chi connectivity index (χ1v) is 13.0. The van der Waals surface area contributed by atoms with Crippen LogP contribution in [-0.4, -0.2) is 68.0 Å². The van der Waals surface area contributed by atoms with Gasteiger partial charge >= 0.3 is 0 Å². The van der Waals surface area contributed by atoms with Crippen LogP contribution < -0.4 is 9.64 Å².